The summed E-state index contributed by atoms with van der Waals surface area (Å²) in [7, 11) is 1.56. The Bertz CT molecular complexity index is 361. The summed E-state index contributed by atoms with van der Waals surface area (Å²) in [6.07, 6.45) is 4.84. The molecule has 0 radical (unpaired) electrons. The van der Waals surface area contributed by atoms with Crippen LogP contribution in [0.3, 0.4) is 0 Å². The lowest BCUT2D eigenvalue weighted by atomic mass is 9.92. The highest BCUT2D eigenvalue weighted by molar-refractivity contribution is 5.36. The SMILES string of the molecule is COc1cc(F)ccc1[C@H](N)C1CCCC1. The van der Waals surface area contributed by atoms with Crippen molar-refractivity contribution in [1.82, 2.24) is 0 Å². The van der Waals surface area contributed by atoms with E-state index in [9.17, 15) is 4.39 Å². The molecule has 1 aliphatic rings. The maximum absolute atomic E-state index is 13.1. The molecule has 16 heavy (non-hydrogen) atoms. The number of rotatable bonds is 3. The second-order valence-corrected chi connectivity index (χ2v) is 4.46. The third-order valence-corrected chi connectivity index (χ3v) is 3.46. The Hall–Kier alpha value is -1.09. The van der Waals surface area contributed by atoms with Crippen LogP contribution in [-0.2, 0) is 0 Å². The van der Waals surface area contributed by atoms with Crippen LogP contribution in [0, 0.1) is 11.7 Å². The van der Waals surface area contributed by atoms with Crippen LogP contribution >= 0.6 is 0 Å². The van der Waals surface area contributed by atoms with Gasteiger partial charge in [-0.3, -0.25) is 0 Å². The Balaban J connectivity index is 2.24. The van der Waals surface area contributed by atoms with Gasteiger partial charge in [0.1, 0.15) is 11.6 Å². The molecule has 0 unspecified atom stereocenters. The lowest BCUT2D eigenvalue weighted by Crippen LogP contribution is -2.19. The monoisotopic (exact) mass is 223 g/mol. The third kappa shape index (κ3) is 2.19. The minimum absolute atomic E-state index is 0.0296. The van der Waals surface area contributed by atoms with E-state index in [1.165, 1.54) is 37.8 Å². The van der Waals surface area contributed by atoms with E-state index in [2.05, 4.69) is 0 Å². The van der Waals surface area contributed by atoms with Gasteiger partial charge in [0.15, 0.2) is 0 Å². The highest BCUT2D eigenvalue weighted by atomic mass is 19.1. The molecule has 1 saturated carbocycles. The van der Waals surface area contributed by atoms with Crippen LogP contribution in [0.25, 0.3) is 0 Å². The number of hydrogen-bond donors (Lipinski definition) is 1. The van der Waals surface area contributed by atoms with Crippen LogP contribution < -0.4 is 10.5 Å². The molecule has 1 fully saturated rings. The first-order valence-corrected chi connectivity index (χ1v) is 5.81. The molecule has 1 aromatic carbocycles. The third-order valence-electron chi connectivity index (χ3n) is 3.46. The molecule has 0 amide bonds. The van der Waals surface area contributed by atoms with E-state index in [-0.39, 0.29) is 11.9 Å². The first-order valence-electron chi connectivity index (χ1n) is 5.81. The summed E-state index contributed by atoms with van der Waals surface area (Å²) in [4.78, 5) is 0. The summed E-state index contributed by atoms with van der Waals surface area (Å²) < 4.78 is 18.2. The van der Waals surface area contributed by atoms with Gasteiger partial charge in [-0.2, -0.15) is 0 Å². The smallest absolute Gasteiger partial charge is 0.126 e. The molecular weight excluding hydrogens is 205 g/mol. The average molecular weight is 223 g/mol. The van der Waals surface area contributed by atoms with Crippen molar-refractivity contribution in [2.45, 2.75) is 31.7 Å². The molecule has 0 aromatic heterocycles. The van der Waals surface area contributed by atoms with Gasteiger partial charge in [-0.25, -0.2) is 4.39 Å². The molecule has 2 nitrogen and oxygen atoms in total. The lowest BCUT2D eigenvalue weighted by Gasteiger charge is -2.21. The van der Waals surface area contributed by atoms with Crippen molar-refractivity contribution < 1.29 is 9.13 Å². The summed E-state index contributed by atoms with van der Waals surface area (Å²) in [6, 6.07) is 4.58. The van der Waals surface area contributed by atoms with E-state index in [1.807, 2.05) is 0 Å². The number of hydrogen-bond acceptors (Lipinski definition) is 2. The maximum atomic E-state index is 13.1. The van der Waals surface area contributed by atoms with Crippen LogP contribution in [-0.4, -0.2) is 7.11 Å². The Labute approximate surface area is 95.6 Å². The van der Waals surface area contributed by atoms with Gasteiger partial charge in [0.05, 0.1) is 7.11 Å². The van der Waals surface area contributed by atoms with Gasteiger partial charge >= 0.3 is 0 Å². The van der Waals surface area contributed by atoms with Crippen molar-refractivity contribution in [2.24, 2.45) is 11.7 Å². The molecular formula is C13H18FNO. The highest BCUT2D eigenvalue weighted by Crippen LogP contribution is 2.37. The summed E-state index contributed by atoms with van der Waals surface area (Å²) >= 11 is 0. The van der Waals surface area contributed by atoms with E-state index in [0.29, 0.717) is 11.7 Å². The molecule has 3 heteroatoms. The normalized spacial score (nSPS) is 18.7. The zero-order valence-electron chi connectivity index (χ0n) is 9.58. The highest BCUT2D eigenvalue weighted by Gasteiger charge is 2.25. The Kier molecular flexibility index (Phi) is 3.44. The van der Waals surface area contributed by atoms with Crippen molar-refractivity contribution in [3.63, 3.8) is 0 Å². The average Bonchev–Trinajstić information content (AvgIpc) is 2.81. The predicted molar refractivity (Wildman–Crippen MR) is 61.8 cm³/mol. The molecule has 1 aliphatic carbocycles. The van der Waals surface area contributed by atoms with Gasteiger partial charge in [0, 0.05) is 17.7 Å². The molecule has 2 rings (SSSR count). The topological polar surface area (TPSA) is 35.2 Å². The Morgan fingerprint density at radius 3 is 2.69 bits per heavy atom. The van der Waals surface area contributed by atoms with E-state index < -0.39 is 0 Å². The molecule has 0 heterocycles. The fraction of sp³-hybridized carbons (Fsp3) is 0.538. The zero-order chi connectivity index (χ0) is 11.5. The standard InChI is InChI=1S/C13H18FNO/c1-16-12-8-10(14)6-7-11(12)13(15)9-4-2-3-5-9/h6-9,13H,2-5,15H2,1H3/t13-/m1/s1. The van der Waals surface area contributed by atoms with Crippen molar-refractivity contribution in [3.05, 3.63) is 29.6 Å². The van der Waals surface area contributed by atoms with Crippen molar-refractivity contribution >= 4 is 0 Å². The van der Waals surface area contributed by atoms with Crippen LogP contribution in [0.1, 0.15) is 37.3 Å². The summed E-state index contributed by atoms with van der Waals surface area (Å²) in [5.74, 6) is 0.804. The number of halogens is 1. The van der Waals surface area contributed by atoms with E-state index in [1.54, 1.807) is 13.2 Å². The zero-order valence-corrected chi connectivity index (χ0v) is 9.58. The fourth-order valence-corrected chi connectivity index (χ4v) is 2.53. The largest absolute Gasteiger partial charge is 0.496 e. The predicted octanol–water partition coefficient (Wildman–Crippen LogP) is 3.02. The number of benzene rings is 1. The van der Waals surface area contributed by atoms with Crippen LogP contribution in [0.4, 0.5) is 4.39 Å². The van der Waals surface area contributed by atoms with Gasteiger partial charge < -0.3 is 10.5 Å². The summed E-state index contributed by atoms with van der Waals surface area (Å²) in [5, 5.41) is 0. The first-order chi connectivity index (χ1) is 7.72. The molecule has 0 saturated heterocycles. The van der Waals surface area contributed by atoms with Crippen LogP contribution in [0.2, 0.25) is 0 Å². The van der Waals surface area contributed by atoms with Gasteiger partial charge in [0.2, 0.25) is 0 Å². The molecule has 1 aromatic rings. The van der Waals surface area contributed by atoms with Crippen molar-refractivity contribution in [2.75, 3.05) is 7.11 Å². The van der Waals surface area contributed by atoms with E-state index in [0.717, 1.165) is 5.56 Å². The minimum atomic E-state index is -0.278. The molecule has 2 N–H and O–H groups in total. The van der Waals surface area contributed by atoms with Gasteiger partial charge in [-0.1, -0.05) is 18.9 Å². The van der Waals surface area contributed by atoms with E-state index >= 15 is 0 Å². The molecule has 0 aliphatic heterocycles. The van der Waals surface area contributed by atoms with Gasteiger partial charge in [-0.15, -0.1) is 0 Å². The van der Waals surface area contributed by atoms with Crippen molar-refractivity contribution in [3.8, 4) is 5.75 Å². The first kappa shape index (κ1) is 11.4. The van der Waals surface area contributed by atoms with E-state index in [4.69, 9.17) is 10.5 Å². The molecule has 0 bridgehead atoms. The number of ether oxygens (including phenoxy) is 1. The molecule has 88 valence electrons. The number of methoxy groups -OCH3 is 1. The second kappa shape index (κ2) is 4.83. The summed E-state index contributed by atoms with van der Waals surface area (Å²) in [5.41, 5.74) is 7.15. The lowest BCUT2D eigenvalue weighted by molar-refractivity contribution is 0.382. The Morgan fingerprint density at radius 1 is 1.38 bits per heavy atom. The fourth-order valence-electron chi connectivity index (χ4n) is 2.53. The minimum Gasteiger partial charge on any atom is -0.496 e. The quantitative estimate of drug-likeness (QED) is 0.854. The van der Waals surface area contributed by atoms with Crippen molar-refractivity contribution in [1.29, 1.82) is 0 Å². The maximum Gasteiger partial charge on any atom is 0.126 e. The number of nitrogens with two attached hydrogens (primary N) is 1. The molecule has 1 atom stereocenters. The Morgan fingerprint density at radius 2 is 2.06 bits per heavy atom. The van der Waals surface area contributed by atoms with Crippen LogP contribution in [0.15, 0.2) is 18.2 Å². The van der Waals surface area contributed by atoms with Gasteiger partial charge in [-0.05, 0) is 24.8 Å². The summed E-state index contributed by atoms with van der Waals surface area (Å²) in [6.45, 7) is 0. The molecule has 0 spiro atoms. The van der Waals surface area contributed by atoms with Crippen LogP contribution in [0.5, 0.6) is 5.75 Å². The van der Waals surface area contributed by atoms with Gasteiger partial charge in [0.25, 0.3) is 0 Å². The second-order valence-electron chi connectivity index (χ2n) is 4.46.